The summed E-state index contributed by atoms with van der Waals surface area (Å²) in [6.45, 7) is 3.99. The van der Waals surface area contributed by atoms with Gasteiger partial charge in [0, 0.05) is 35.0 Å². The fourth-order valence-corrected chi connectivity index (χ4v) is 3.48. The van der Waals surface area contributed by atoms with E-state index in [1.807, 2.05) is 73.3 Å². The molecule has 0 bridgehead atoms. The van der Waals surface area contributed by atoms with Gasteiger partial charge in [0.15, 0.2) is 7.05 Å². The summed E-state index contributed by atoms with van der Waals surface area (Å²) >= 11 is 0. The van der Waals surface area contributed by atoms with Crippen molar-refractivity contribution in [2.24, 2.45) is 12.0 Å². The first-order chi connectivity index (χ1) is 15.1. The molecule has 0 fully saturated rings. The molecule has 0 atom stereocenters. The molecular formula is C25H26N5O+. The van der Waals surface area contributed by atoms with Gasteiger partial charge in [-0.3, -0.25) is 4.99 Å². The number of ether oxygens (including phenoxy) is 1. The summed E-state index contributed by atoms with van der Waals surface area (Å²) in [6.07, 6.45) is 1.79. The Balaban J connectivity index is 1.67. The molecule has 1 heterocycles. The topological polar surface area (TPSA) is 62.4 Å². The first-order valence-corrected chi connectivity index (χ1v) is 10.2. The van der Waals surface area contributed by atoms with Gasteiger partial charge < -0.3 is 15.4 Å². The largest absolute Gasteiger partial charge is 0.497 e. The number of fused-ring (bicyclic) bond motifs is 1. The van der Waals surface area contributed by atoms with E-state index in [4.69, 9.17) is 9.84 Å². The van der Waals surface area contributed by atoms with Crippen LogP contribution in [0, 0.1) is 6.92 Å². The molecule has 0 radical (unpaired) electrons. The molecule has 1 aromatic heterocycles. The van der Waals surface area contributed by atoms with E-state index in [2.05, 4.69) is 34.7 Å². The Morgan fingerprint density at radius 1 is 0.935 bits per heavy atom. The molecule has 0 amide bonds. The standard InChI is InChI=1S/C25H25N5O/c1-5-26-24-16-19(12-15-23(24)27-18-10-13-20(31-4)14-11-18)28-25-22-9-7-6-8-21(22)17(2)30(3)29-25/h5-16,29H,1-4H3/p+1. The zero-order chi connectivity index (χ0) is 21.8. The fraction of sp³-hybridized carbons (Fsp3) is 0.160. The summed E-state index contributed by atoms with van der Waals surface area (Å²) in [6, 6.07) is 22.2. The van der Waals surface area contributed by atoms with Crippen molar-refractivity contribution in [2.45, 2.75) is 13.8 Å². The molecule has 2 N–H and O–H groups in total. The molecule has 0 aliphatic carbocycles. The van der Waals surface area contributed by atoms with Crippen LogP contribution < -0.4 is 20.1 Å². The Labute approximate surface area is 182 Å². The first-order valence-electron chi connectivity index (χ1n) is 10.2. The minimum atomic E-state index is 0.811. The monoisotopic (exact) mass is 412 g/mol. The molecule has 4 aromatic rings. The quantitative estimate of drug-likeness (QED) is 0.320. The highest BCUT2D eigenvalue weighted by Gasteiger charge is 2.15. The number of benzene rings is 3. The van der Waals surface area contributed by atoms with Gasteiger partial charge in [0.2, 0.25) is 11.5 Å². The van der Waals surface area contributed by atoms with E-state index in [-0.39, 0.29) is 0 Å². The van der Waals surface area contributed by atoms with Crippen molar-refractivity contribution in [3.8, 4) is 5.75 Å². The number of nitrogens with one attached hydrogen (secondary N) is 2. The molecule has 0 unspecified atom stereocenters. The zero-order valence-corrected chi connectivity index (χ0v) is 18.2. The van der Waals surface area contributed by atoms with Crippen molar-refractivity contribution < 1.29 is 9.42 Å². The van der Waals surface area contributed by atoms with E-state index in [0.29, 0.717) is 0 Å². The van der Waals surface area contributed by atoms with Gasteiger partial charge in [-0.2, -0.15) is 0 Å². The van der Waals surface area contributed by atoms with Crippen LogP contribution in [0.1, 0.15) is 12.6 Å². The Morgan fingerprint density at radius 3 is 2.35 bits per heavy atom. The Bertz CT molecular complexity index is 1250. The molecule has 3 aromatic carbocycles. The van der Waals surface area contributed by atoms with Crippen LogP contribution in [0.5, 0.6) is 5.75 Å². The summed E-state index contributed by atoms with van der Waals surface area (Å²) < 4.78 is 7.13. The lowest BCUT2D eigenvalue weighted by atomic mass is 10.1. The van der Waals surface area contributed by atoms with Gasteiger partial charge in [-0.25, -0.2) is 0 Å². The van der Waals surface area contributed by atoms with Crippen LogP contribution in [0.3, 0.4) is 0 Å². The van der Waals surface area contributed by atoms with Crippen molar-refractivity contribution in [3.05, 3.63) is 72.4 Å². The highest BCUT2D eigenvalue weighted by atomic mass is 16.5. The van der Waals surface area contributed by atoms with Crippen LogP contribution in [0.4, 0.5) is 28.6 Å². The molecule has 0 aliphatic rings. The highest BCUT2D eigenvalue weighted by molar-refractivity contribution is 5.94. The van der Waals surface area contributed by atoms with Gasteiger partial charge in [0.1, 0.15) is 5.75 Å². The van der Waals surface area contributed by atoms with Gasteiger partial charge in [-0.05, 0) is 55.5 Å². The van der Waals surface area contributed by atoms with Gasteiger partial charge in [-0.1, -0.05) is 22.9 Å². The number of methoxy groups -OCH3 is 1. The molecule has 0 aliphatic heterocycles. The van der Waals surface area contributed by atoms with Gasteiger partial charge in [-0.15, -0.1) is 0 Å². The summed E-state index contributed by atoms with van der Waals surface area (Å²) in [7, 11) is 3.62. The second-order valence-corrected chi connectivity index (χ2v) is 7.20. The summed E-state index contributed by atoms with van der Waals surface area (Å²) in [5, 5.41) is 13.9. The van der Waals surface area contributed by atoms with Gasteiger partial charge in [0.05, 0.1) is 23.9 Å². The second kappa shape index (κ2) is 8.83. The number of anilines is 4. The molecule has 156 valence electrons. The molecule has 6 heteroatoms. The van der Waals surface area contributed by atoms with Crippen LogP contribution >= 0.6 is 0 Å². The Kier molecular flexibility index (Phi) is 5.80. The molecule has 0 spiro atoms. The van der Waals surface area contributed by atoms with Crippen molar-refractivity contribution in [1.82, 2.24) is 5.10 Å². The Morgan fingerprint density at radius 2 is 1.65 bits per heavy atom. The van der Waals surface area contributed by atoms with Crippen LogP contribution in [0.2, 0.25) is 0 Å². The predicted molar refractivity (Wildman–Crippen MR) is 127 cm³/mol. The average Bonchev–Trinajstić information content (AvgIpc) is 2.79. The fourth-order valence-electron chi connectivity index (χ4n) is 3.48. The maximum Gasteiger partial charge on any atom is 0.213 e. The molecule has 4 rings (SSSR count). The third kappa shape index (κ3) is 4.33. The van der Waals surface area contributed by atoms with Gasteiger partial charge in [0.25, 0.3) is 0 Å². The van der Waals surface area contributed by atoms with Crippen LogP contribution in [-0.4, -0.2) is 18.4 Å². The number of hydrogen-bond acceptors (Lipinski definition) is 5. The van der Waals surface area contributed by atoms with E-state index < -0.39 is 0 Å². The van der Waals surface area contributed by atoms with E-state index in [0.717, 1.165) is 45.4 Å². The van der Waals surface area contributed by atoms with Crippen molar-refractivity contribution in [1.29, 1.82) is 0 Å². The highest BCUT2D eigenvalue weighted by Crippen LogP contribution is 2.33. The van der Waals surface area contributed by atoms with Gasteiger partial charge >= 0.3 is 0 Å². The zero-order valence-electron chi connectivity index (χ0n) is 18.2. The molecule has 0 saturated carbocycles. The SMILES string of the molecule is CC=Nc1cc(Nc2n[n+](C)c(C)c3ccccc23)ccc1Nc1ccc(OC)cc1. The average molecular weight is 413 g/mol. The second-order valence-electron chi connectivity index (χ2n) is 7.20. The summed E-state index contributed by atoms with van der Waals surface area (Å²) in [4.78, 5) is 4.55. The molecule has 6 nitrogen and oxygen atoms in total. The van der Waals surface area contributed by atoms with E-state index in [9.17, 15) is 0 Å². The predicted octanol–water partition coefficient (Wildman–Crippen LogP) is 5.59. The van der Waals surface area contributed by atoms with Crippen molar-refractivity contribution in [2.75, 3.05) is 17.7 Å². The lowest BCUT2D eigenvalue weighted by Gasteiger charge is -2.13. The number of nitrogens with zero attached hydrogens (tertiary/aromatic N) is 3. The maximum absolute atomic E-state index is 5.23. The van der Waals surface area contributed by atoms with Crippen molar-refractivity contribution in [3.63, 3.8) is 0 Å². The number of hydrogen-bond donors (Lipinski definition) is 2. The normalized spacial score (nSPS) is 11.1. The van der Waals surface area contributed by atoms with E-state index >= 15 is 0 Å². The van der Waals surface area contributed by atoms with Crippen LogP contribution in [-0.2, 0) is 7.05 Å². The van der Waals surface area contributed by atoms with E-state index in [1.165, 1.54) is 5.39 Å². The smallest absolute Gasteiger partial charge is 0.213 e. The number of rotatable bonds is 6. The third-order valence-electron chi connectivity index (χ3n) is 5.21. The van der Waals surface area contributed by atoms with E-state index in [1.54, 1.807) is 13.3 Å². The number of aliphatic imine (C=N–C) groups is 1. The molecule has 31 heavy (non-hydrogen) atoms. The lowest BCUT2D eigenvalue weighted by molar-refractivity contribution is -0.733. The number of aryl methyl sites for hydroxylation is 2. The van der Waals surface area contributed by atoms with Crippen molar-refractivity contribution >= 4 is 45.6 Å². The maximum atomic E-state index is 5.23. The summed E-state index contributed by atoms with van der Waals surface area (Å²) in [5.41, 5.74) is 4.76. The molecule has 0 saturated heterocycles. The van der Waals surface area contributed by atoms with Crippen LogP contribution in [0.25, 0.3) is 10.8 Å². The first kappa shape index (κ1) is 20.3. The Hall–Kier alpha value is -3.93. The third-order valence-corrected chi connectivity index (χ3v) is 5.21. The molecular weight excluding hydrogens is 386 g/mol. The lowest BCUT2D eigenvalue weighted by Crippen LogP contribution is -2.37. The summed E-state index contributed by atoms with van der Waals surface area (Å²) in [5.74, 6) is 1.63. The van der Waals surface area contributed by atoms with Crippen LogP contribution in [0.15, 0.2) is 71.7 Å². The minimum absolute atomic E-state index is 0.811. The minimum Gasteiger partial charge on any atom is -0.497 e. The number of aromatic nitrogens is 2.